The van der Waals surface area contributed by atoms with Crippen LogP contribution in [0.1, 0.15) is 26.7 Å². The van der Waals surface area contributed by atoms with Crippen molar-refractivity contribution in [2.24, 2.45) is 10.9 Å². The summed E-state index contributed by atoms with van der Waals surface area (Å²) in [5.41, 5.74) is 1.23. The number of rotatable bonds is 4. The summed E-state index contributed by atoms with van der Waals surface area (Å²) in [6.07, 6.45) is 2.39. The molecule has 2 heterocycles. The molecule has 2 aliphatic rings. The van der Waals surface area contributed by atoms with Gasteiger partial charge >= 0.3 is 0 Å². The van der Waals surface area contributed by atoms with E-state index in [1.165, 1.54) is 18.5 Å². The third kappa shape index (κ3) is 6.25. The lowest BCUT2D eigenvalue weighted by Crippen LogP contribution is -2.50. The minimum absolute atomic E-state index is 0. The zero-order valence-electron chi connectivity index (χ0n) is 17.1. The van der Waals surface area contributed by atoms with Crippen LogP contribution in [0.15, 0.2) is 35.3 Å². The van der Waals surface area contributed by atoms with Gasteiger partial charge in [-0.2, -0.15) is 0 Å². The number of hydrogen-bond donors (Lipinski definition) is 1. The number of piperazine rings is 1. The number of hydrogen-bond acceptors (Lipinski definition) is 3. The number of carbonyl (C=O) groups excluding carboxylic acids is 1. The first-order chi connectivity index (χ1) is 13.2. The molecule has 2 fully saturated rings. The van der Waals surface area contributed by atoms with E-state index in [1.54, 1.807) is 0 Å². The summed E-state index contributed by atoms with van der Waals surface area (Å²) in [7, 11) is 0. The molecule has 1 aromatic rings. The third-order valence-corrected chi connectivity index (χ3v) is 5.54. The van der Waals surface area contributed by atoms with E-state index in [0.717, 1.165) is 57.7 Å². The van der Waals surface area contributed by atoms with E-state index >= 15 is 0 Å². The van der Waals surface area contributed by atoms with E-state index in [0.29, 0.717) is 0 Å². The van der Waals surface area contributed by atoms with Gasteiger partial charge in [-0.1, -0.05) is 25.1 Å². The zero-order chi connectivity index (χ0) is 19.1. The molecule has 0 saturated carbocycles. The van der Waals surface area contributed by atoms with Crippen LogP contribution in [0.5, 0.6) is 0 Å². The summed E-state index contributed by atoms with van der Waals surface area (Å²) < 4.78 is 0. The lowest BCUT2D eigenvalue weighted by molar-refractivity contribution is -0.129. The van der Waals surface area contributed by atoms with E-state index in [9.17, 15) is 4.79 Å². The van der Waals surface area contributed by atoms with Crippen LogP contribution in [0.3, 0.4) is 0 Å². The smallest absolute Gasteiger partial charge is 0.244 e. The monoisotopic (exact) mass is 499 g/mol. The maximum absolute atomic E-state index is 12.6. The predicted octanol–water partition coefficient (Wildman–Crippen LogP) is 2.65. The number of benzene rings is 1. The van der Waals surface area contributed by atoms with Crippen molar-refractivity contribution in [3.63, 3.8) is 0 Å². The van der Waals surface area contributed by atoms with Crippen molar-refractivity contribution in [2.45, 2.75) is 26.7 Å². The predicted molar refractivity (Wildman–Crippen MR) is 127 cm³/mol. The number of amides is 1. The number of carbonyl (C=O) groups is 1. The van der Waals surface area contributed by atoms with Gasteiger partial charge in [0.05, 0.1) is 0 Å². The molecule has 0 atom stereocenters. The summed E-state index contributed by atoms with van der Waals surface area (Å²) in [5, 5.41) is 3.35. The van der Waals surface area contributed by atoms with Crippen molar-refractivity contribution in [3.05, 3.63) is 30.3 Å². The van der Waals surface area contributed by atoms with Crippen molar-refractivity contribution < 1.29 is 4.79 Å². The molecular weight excluding hydrogens is 465 g/mol. The highest BCUT2D eigenvalue weighted by atomic mass is 127. The molecule has 6 nitrogen and oxygen atoms in total. The molecular formula is C21H34IN5O. The molecule has 3 rings (SSSR count). The lowest BCUT2D eigenvalue weighted by atomic mass is 10.00. The van der Waals surface area contributed by atoms with Gasteiger partial charge in [0.25, 0.3) is 0 Å². The average Bonchev–Trinajstić information content (AvgIpc) is 2.72. The van der Waals surface area contributed by atoms with Crippen LogP contribution >= 0.6 is 24.0 Å². The zero-order valence-corrected chi connectivity index (χ0v) is 19.5. The Morgan fingerprint density at radius 2 is 1.68 bits per heavy atom. The number of likely N-dealkylation sites (tertiary alicyclic amines) is 1. The van der Waals surface area contributed by atoms with E-state index in [-0.39, 0.29) is 36.4 Å². The van der Waals surface area contributed by atoms with Crippen molar-refractivity contribution in [3.8, 4) is 0 Å². The van der Waals surface area contributed by atoms with Crippen LogP contribution in [0.4, 0.5) is 5.69 Å². The summed E-state index contributed by atoms with van der Waals surface area (Å²) in [6.45, 7) is 10.8. The maximum atomic E-state index is 12.6. The van der Waals surface area contributed by atoms with Gasteiger partial charge in [-0.3, -0.25) is 4.79 Å². The van der Waals surface area contributed by atoms with Gasteiger partial charge in [0.1, 0.15) is 6.54 Å². The Kier molecular flexibility index (Phi) is 9.34. The number of halogens is 1. The first-order valence-corrected chi connectivity index (χ1v) is 10.3. The van der Waals surface area contributed by atoms with E-state index in [2.05, 4.69) is 58.2 Å². The van der Waals surface area contributed by atoms with Crippen LogP contribution in [-0.2, 0) is 4.79 Å². The molecule has 2 saturated heterocycles. The van der Waals surface area contributed by atoms with Gasteiger partial charge in [-0.05, 0) is 37.8 Å². The Hall–Kier alpha value is -1.51. The fourth-order valence-corrected chi connectivity index (χ4v) is 3.74. The second kappa shape index (κ2) is 11.5. The third-order valence-electron chi connectivity index (χ3n) is 5.54. The number of nitrogens with one attached hydrogen (secondary N) is 1. The number of guanidine groups is 1. The molecule has 0 spiro atoms. The molecule has 0 radical (unpaired) electrons. The highest BCUT2D eigenvalue weighted by molar-refractivity contribution is 14.0. The average molecular weight is 499 g/mol. The van der Waals surface area contributed by atoms with Crippen molar-refractivity contribution in [2.75, 3.05) is 57.3 Å². The molecule has 0 bridgehead atoms. The van der Waals surface area contributed by atoms with Gasteiger partial charge < -0.3 is 20.0 Å². The molecule has 156 valence electrons. The van der Waals surface area contributed by atoms with E-state index < -0.39 is 0 Å². The Labute approximate surface area is 186 Å². The summed E-state index contributed by atoms with van der Waals surface area (Å²) in [4.78, 5) is 23.9. The van der Waals surface area contributed by atoms with Gasteiger partial charge in [0.15, 0.2) is 5.96 Å². The fourth-order valence-electron chi connectivity index (χ4n) is 3.74. The normalized spacial score (nSPS) is 18.6. The highest BCUT2D eigenvalue weighted by Gasteiger charge is 2.22. The van der Waals surface area contributed by atoms with Crippen LogP contribution in [0.25, 0.3) is 0 Å². The van der Waals surface area contributed by atoms with Crippen LogP contribution in [0, 0.1) is 5.92 Å². The molecule has 1 aromatic carbocycles. The van der Waals surface area contributed by atoms with Gasteiger partial charge in [0, 0.05) is 51.5 Å². The molecule has 2 aliphatic heterocycles. The fraction of sp³-hybridized carbons (Fsp3) is 0.619. The number of anilines is 1. The summed E-state index contributed by atoms with van der Waals surface area (Å²) in [5.74, 6) is 1.80. The van der Waals surface area contributed by atoms with Crippen LogP contribution < -0.4 is 10.2 Å². The van der Waals surface area contributed by atoms with E-state index in [4.69, 9.17) is 0 Å². The van der Waals surface area contributed by atoms with Gasteiger partial charge in [-0.25, -0.2) is 4.99 Å². The summed E-state index contributed by atoms with van der Waals surface area (Å²) in [6, 6.07) is 10.4. The maximum Gasteiger partial charge on any atom is 0.244 e. The Morgan fingerprint density at radius 3 is 2.29 bits per heavy atom. The number of piperidine rings is 1. The van der Waals surface area contributed by atoms with Crippen LogP contribution in [0.2, 0.25) is 0 Å². The first-order valence-electron chi connectivity index (χ1n) is 10.3. The Bertz CT molecular complexity index is 623. The quantitative estimate of drug-likeness (QED) is 0.393. The lowest BCUT2D eigenvalue weighted by Gasteiger charge is -2.36. The first kappa shape index (κ1) is 22.8. The number of para-hydroxylation sites is 1. The number of aliphatic imine (C=N–C) groups is 1. The molecule has 7 heteroatoms. The van der Waals surface area contributed by atoms with Crippen molar-refractivity contribution >= 4 is 41.5 Å². The Morgan fingerprint density at radius 1 is 1.04 bits per heavy atom. The standard InChI is InChI=1S/C21H33N5O.HI/c1-3-22-21(26-11-9-18(2)10-12-26)23-17-20(27)25-15-13-24(14-16-25)19-7-5-4-6-8-19;/h4-8,18H,3,9-17H2,1-2H3,(H,22,23);1H. The Balaban J connectivity index is 0.00000280. The number of nitrogens with zero attached hydrogens (tertiary/aromatic N) is 4. The van der Waals surface area contributed by atoms with Gasteiger partial charge in [-0.15, -0.1) is 24.0 Å². The molecule has 28 heavy (non-hydrogen) atoms. The molecule has 1 N–H and O–H groups in total. The molecule has 0 unspecified atom stereocenters. The molecule has 1 amide bonds. The summed E-state index contributed by atoms with van der Waals surface area (Å²) >= 11 is 0. The second-order valence-corrected chi connectivity index (χ2v) is 7.54. The van der Waals surface area contributed by atoms with Gasteiger partial charge in [0.2, 0.25) is 5.91 Å². The largest absolute Gasteiger partial charge is 0.368 e. The molecule has 0 aliphatic carbocycles. The van der Waals surface area contributed by atoms with Crippen molar-refractivity contribution in [1.29, 1.82) is 0 Å². The molecule has 0 aromatic heterocycles. The minimum atomic E-state index is 0. The minimum Gasteiger partial charge on any atom is -0.368 e. The van der Waals surface area contributed by atoms with E-state index in [1.807, 2.05) is 11.0 Å². The highest BCUT2D eigenvalue weighted by Crippen LogP contribution is 2.17. The van der Waals surface area contributed by atoms with Crippen molar-refractivity contribution in [1.82, 2.24) is 15.1 Å². The van der Waals surface area contributed by atoms with Crippen LogP contribution in [-0.4, -0.2) is 74.0 Å². The SMILES string of the molecule is CCNC(=NCC(=O)N1CCN(c2ccccc2)CC1)N1CCC(C)CC1.I. The topological polar surface area (TPSA) is 51.2 Å². The second-order valence-electron chi connectivity index (χ2n) is 7.54.